The highest BCUT2D eigenvalue weighted by Gasteiger charge is 2.45. The van der Waals surface area contributed by atoms with Gasteiger partial charge in [-0.1, -0.05) is 18.7 Å². The van der Waals surface area contributed by atoms with Gasteiger partial charge in [0.1, 0.15) is 11.7 Å². The summed E-state index contributed by atoms with van der Waals surface area (Å²) in [5, 5.41) is -1.12. The van der Waals surface area contributed by atoms with Gasteiger partial charge in [0.05, 0.1) is 0 Å². The molecular formula is C14H13F5O3S. The molecule has 23 heavy (non-hydrogen) atoms. The number of ether oxygens (including phenoxy) is 1. The van der Waals surface area contributed by atoms with E-state index in [1.165, 1.54) is 6.92 Å². The van der Waals surface area contributed by atoms with Gasteiger partial charge in [0.25, 0.3) is 0 Å². The molecule has 9 heteroatoms. The van der Waals surface area contributed by atoms with Crippen LogP contribution in [0.3, 0.4) is 0 Å². The first-order valence-corrected chi connectivity index (χ1v) is 7.45. The lowest BCUT2D eigenvalue weighted by molar-refractivity contribution is -0.175. The first-order chi connectivity index (χ1) is 10.6. The van der Waals surface area contributed by atoms with Crippen LogP contribution in [0.2, 0.25) is 0 Å². The topological polar surface area (TPSA) is 43.4 Å². The quantitative estimate of drug-likeness (QED) is 0.539. The van der Waals surface area contributed by atoms with Crippen LogP contribution in [0, 0.1) is 5.92 Å². The average molecular weight is 356 g/mol. The minimum atomic E-state index is -4.83. The Labute approximate surface area is 133 Å². The first kappa shape index (κ1) is 19.4. The van der Waals surface area contributed by atoms with E-state index in [0.717, 1.165) is 24.3 Å². The van der Waals surface area contributed by atoms with Gasteiger partial charge in [-0.15, -0.1) is 0 Å². The average Bonchev–Trinajstić information content (AvgIpc) is 2.43. The third-order valence-electron chi connectivity index (χ3n) is 2.76. The molecule has 1 aromatic carbocycles. The van der Waals surface area contributed by atoms with Crippen LogP contribution >= 0.6 is 11.8 Å². The zero-order chi connectivity index (χ0) is 17.6. The molecule has 0 fully saturated rings. The number of halogens is 5. The number of ketones is 1. The molecule has 3 nitrogen and oxygen atoms in total. The molecule has 0 aliphatic rings. The van der Waals surface area contributed by atoms with Crippen molar-refractivity contribution in [3.05, 3.63) is 29.8 Å². The predicted octanol–water partition coefficient (Wildman–Crippen LogP) is 4.32. The van der Waals surface area contributed by atoms with E-state index in [1.54, 1.807) is 0 Å². The van der Waals surface area contributed by atoms with Gasteiger partial charge in [-0.25, -0.2) is 0 Å². The number of alkyl halides is 5. The van der Waals surface area contributed by atoms with Crippen LogP contribution in [0.4, 0.5) is 22.0 Å². The minimum absolute atomic E-state index is 0.116. The van der Waals surface area contributed by atoms with E-state index in [-0.39, 0.29) is 17.1 Å². The van der Waals surface area contributed by atoms with Crippen LogP contribution in [0.1, 0.15) is 23.7 Å². The number of Topliss-reactive ketones (excluding diaryl/α,β-unsaturated/α-hetero) is 1. The summed E-state index contributed by atoms with van der Waals surface area (Å²) in [6.45, 7) is -1.52. The van der Waals surface area contributed by atoms with Crippen LogP contribution in [0.15, 0.2) is 24.3 Å². The Kier molecular flexibility index (Phi) is 6.99. The number of carbonyl (C=O) groups is 2. The highest BCUT2D eigenvalue weighted by molar-refractivity contribution is 8.13. The van der Waals surface area contributed by atoms with Crippen molar-refractivity contribution >= 4 is 22.7 Å². The van der Waals surface area contributed by atoms with Crippen molar-refractivity contribution in [3.8, 4) is 5.75 Å². The van der Waals surface area contributed by atoms with Gasteiger partial charge in [-0.05, 0) is 30.0 Å². The molecule has 0 saturated heterocycles. The van der Waals surface area contributed by atoms with Gasteiger partial charge < -0.3 is 4.74 Å². The lowest BCUT2D eigenvalue weighted by Gasteiger charge is -2.17. The molecule has 0 heterocycles. The molecule has 0 bridgehead atoms. The first-order valence-electron chi connectivity index (χ1n) is 6.46. The number of rotatable bonds is 7. The van der Waals surface area contributed by atoms with Crippen molar-refractivity contribution in [2.75, 3.05) is 5.75 Å². The molecular weight excluding hydrogens is 343 g/mol. The Bertz CT molecular complexity index is 542. The molecule has 0 amide bonds. The van der Waals surface area contributed by atoms with Crippen LogP contribution in [0.25, 0.3) is 0 Å². The van der Waals surface area contributed by atoms with Crippen LogP contribution < -0.4 is 4.74 Å². The second-order valence-electron chi connectivity index (χ2n) is 4.38. The molecule has 0 spiro atoms. The third kappa shape index (κ3) is 6.17. The number of benzene rings is 1. The largest absolute Gasteiger partial charge is 0.435 e. The maximum Gasteiger partial charge on any atom is 0.399 e. The Hall–Kier alpha value is -1.64. The highest BCUT2D eigenvalue weighted by Crippen LogP contribution is 2.33. The van der Waals surface area contributed by atoms with Crippen LogP contribution in [-0.4, -0.2) is 29.4 Å². The van der Waals surface area contributed by atoms with Gasteiger partial charge >= 0.3 is 12.8 Å². The standard InChI is InChI=1S/C14H13F5O3S/c1-2-23-12(21)10(14(17,18)19)7-11(20)8-3-5-9(6-4-8)22-13(15)16/h3-6,10,13H,2,7H2,1H3. The smallest absolute Gasteiger partial charge is 0.399 e. The van der Waals surface area contributed by atoms with Crippen molar-refractivity contribution in [3.63, 3.8) is 0 Å². The highest BCUT2D eigenvalue weighted by atomic mass is 32.2. The summed E-state index contributed by atoms with van der Waals surface area (Å²) in [6, 6.07) is 4.24. The van der Waals surface area contributed by atoms with Crippen LogP contribution in [-0.2, 0) is 4.79 Å². The van der Waals surface area contributed by atoms with Crippen molar-refractivity contribution in [2.45, 2.75) is 26.1 Å². The molecule has 1 unspecified atom stereocenters. The predicted molar refractivity (Wildman–Crippen MR) is 74.7 cm³/mol. The van der Waals surface area contributed by atoms with E-state index in [2.05, 4.69) is 4.74 Å². The summed E-state index contributed by atoms with van der Waals surface area (Å²) < 4.78 is 66.7. The van der Waals surface area contributed by atoms with Crippen molar-refractivity contribution in [1.29, 1.82) is 0 Å². The molecule has 1 atom stereocenters. The normalized spacial score (nSPS) is 13.0. The maximum absolute atomic E-state index is 12.9. The fraction of sp³-hybridized carbons (Fsp3) is 0.429. The maximum atomic E-state index is 12.9. The zero-order valence-corrected chi connectivity index (χ0v) is 12.7. The number of thioether (sulfide) groups is 1. The zero-order valence-electron chi connectivity index (χ0n) is 11.9. The summed E-state index contributed by atoms with van der Waals surface area (Å²) in [5.41, 5.74) is -0.116. The monoisotopic (exact) mass is 356 g/mol. The van der Waals surface area contributed by atoms with Crippen molar-refractivity contribution in [2.24, 2.45) is 5.92 Å². The van der Waals surface area contributed by atoms with E-state index >= 15 is 0 Å². The van der Waals surface area contributed by atoms with E-state index < -0.39 is 36.0 Å². The second-order valence-corrected chi connectivity index (χ2v) is 5.64. The Morgan fingerprint density at radius 3 is 2.17 bits per heavy atom. The molecule has 1 aromatic rings. The van der Waals surface area contributed by atoms with Crippen molar-refractivity contribution < 1.29 is 36.3 Å². The van der Waals surface area contributed by atoms with Gasteiger partial charge in [-0.2, -0.15) is 22.0 Å². The molecule has 0 aromatic heterocycles. The third-order valence-corrected chi connectivity index (χ3v) is 3.61. The Morgan fingerprint density at radius 2 is 1.74 bits per heavy atom. The summed E-state index contributed by atoms with van der Waals surface area (Å²) in [4.78, 5) is 23.4. The fourth-order valence-corrected chi connectivity index (χ4v) is 2.40. The number of hydrogen-bond donors (Lipinski definition) is 0. The fourth-order valence-electron chi connectivity index (χ4n) is 1.70. The van der Waals surface area contributed by atoms with Crippen LogP contribution in [0.5, 0.6) is 5.75 Å². The summed E-state index contributed by atoms with van der Waals surface area (Å²) in [6.07, 6.45) is -5.85. The van der Waals surface area contributed by atoms with Gasteiger partial charge in [0.2, 0.25) is 5.12 Å². The van der Waals surface area contributed by atoms with E-state index in [4.69, 9.17) is 0 Å². The molecule has 0 N–H and O–H groups in total. The van der Waals surface area contributed by atoms with E-state index in [9.17, 15) is 31.5 Å². The SMILES string of the molecule is CCSC(=O)C(CC(=O)c1ccc(OC(F)F)cc1)C(F)(F)F. The molecule has 128 valence electrons. The van der Waals surface area contributed by atoms with Crippen molar-refractivity contribution in [1.82, 2.24) is 0 Å². The second kappa shape index (κ2) is 8.28. The molecule has 0 radical (unpaired) electrons. The summed E-state index contributed by atoms with van der Waals surface area (Å²) in [5.74, 6) is -3.35. The molecule has 1 rings (SSSR count). The van der Waals surface area contributed by atoms with E-state index in [0.29, 0.717) is 11.8 Å². The van der Waals surface area contributed by atoms with Gasteiger partial charge in [-0.3, -0.25) is 9.59 Å². The lowest BCUT2D eigenvalue weighted by Crippen LogP contribution is -2.31. The Balaban J connectivity index is 2.84. The summed E-state index contributed by atoms with van der Waals surface area (Å²) >= 11 is 0.498. The minimum Gasteiger partial charge on any atom is -0.435 e. The lowest BCUT2D eigenvalue weighted by atomic mass is 9.98. The number of hydrogen-bond acceptors (Lipinski definition) is 4. The Morgan fingerprint density at radius 1 is 1.17 bits per heavy atom. The molecule has 0 aliphatic heterocycles. The number of carbonyl (C=O) groups excluding carboxylic acids is 2. The summed E-state index contributed by atoms with van der Waals surface area (Å²) in [7, 11) is 0. The molecule has 0 saturated carbocycles. The van der Waals surface area contributed by atoms with Gasteiger partial charge in [0, 0.05) is 12.0 Å². The van der Waals surface area contributed by atoms with Gasteiger partial charge in [0.15, 0.2) is 5.78 Å². The van der Waals surface area contributed by atoms with E-state index in [1.807, 2.05) is 0 Å². The molecule has 0 aliphatic carbocycles.